The number of aromatic hydroxyl groups is 2. The minimum atomic E-state index is -0.303. The zero-order valence-corrected chi connectivity index (χ0v) is 20.3. The van der Waals surface area contributed by atoms with Crippen LogP contribution in [0.15, 0.2) is 91.3 Å². The standard InChI is InChI=1S/C29H26ClN3O3/c30-26-3-1-2-4-27(26)32-15-17-33(18-16-32)29(36)24-13-14-31-19-25(24)28(20-5-9-22(34)10-6-20)21-7-11-23(35)12-8-21/h1-14,19,28,34-35H,15-18H2. The highest BCUT2D eigenvalue weighted by Gasteiger charge is 2.28. The summed E-state index contributed by atoms with van der Waals surface area (Å²) in [6, 6.07) is 23.4. The second-order valence-corrected chi connectivity index (χ2v) is 9.22. The number of hydrogen-bond acceptors (Lipinski definition) is 5. The van der Waals surface area contributed by atoms with E-state index in [1.54, 1.807) is 42.7 Å². The van der Waals surface area contributed by atoms with Gasteiger partial charge in [-0.25, -0.2) is 0 Å². The Balaban J connectivity index is 1.45. The number of para-hydroxylation sites is 1. The second kappa shape index (κ2) is 10.3. The molecular formula is C29H26ClN3O3. The van der Waals surface area contributed by atoms with E-state index in [1.165, 1.54) is 0 Å². The molecule has 7 heteroatoms. The molecule has 0 spiro atoms. The monoisotopic (exact) mass is 499 g/mol. The Bertz CT molecular complexity index is 1310. The van der Waals surface area contributed by atoms with Gasteiger partial charge < -0.3 is 20.0 Å². The van der Waals surface area contributed by atoms with Gasteiger partial charge in [0.1, 0.15) is 11.5 Å². The molecule has 1 aromatic heterocycles. The van der Waals surface area contributed by atoms with Crippen LogP contribution in [-0.4, -0.2) is 52.2 Å². The molecule has 1 fully saturated rings. The van der Waals surface area contributed by atoms with Gasteiger partial charge in [0.2, 0.25) is 0 Å². The van der Waals surface area contributed by atoms with Gasteiger partial charge in [0.05, 0.1) is 10.7 Å². The molecule has 0 aliphatic carbocycles. The van der Waals surface area contributed by atoms with Gasteiger partial charge in [0.25, 0.3) is 5.91 Å². The van der Waals surface area contributed by atoms with Crippen molar-refractivity contribution in [1.29, 1.82) is 0 Å². The summed E-state index contributed by atoms with van der Waals surface area (Å²) in [4.78, 5) is 22.2. The molecule has 182 valence electrons. The SMILES string of the molecule is O=C(c1ccncc1C(c1ccc(O)cc1)c1ccc(O)cc1)N1CCN(c2ccccc2Cl)CC1. The molecule has 0 radical (unpaired) electrons. The van der Waals surface area contributed by atoms with E-state index in [0.29, 0.717) is 36.8 Å². The number of carbonyl (C=O) groups excluding carboxylic acids is 1. The van der Waals surface area contributed by atoms with E-state index >= 15 is 0 Å². The Morgan fingerprint density at radius 3 is 1.97 bits per heavy atom. The number of phenolic OH excluding ortho intramolecular Hbond substituents is 2. The van der Waals surface area contributed by atoms with Crippen molar-refractivity contribution >= 4 is 23.2 Å². The molecule has 1 saturated heterocycles. The number of phenols is 2. The molecule has 1 aliphatic rings. The smallest absolute Gasteiger partial charge is 0.254 e. The zero-order valence-electron chi connectivity index (χ0n) is 19.6. The lowest BCUT2D eigenvalue weighted by Crippen LogP contribution is -2.49. The number of pyridine rings is 1. The fraction of sp³-hybridized carbons (Fsp3) is 0.172. The summed E-state index contributed by atoms with van der Waals surface area (Å²) in [7, 11) is 0. The Labute approximate surface area is 215 Å². The quantitative estimate of drug-likeness (QED) is 0.390. The fourth-order valence-corrected chi connectivity index (χ4v) is 5.00. The minimum Gasteiger partial charge on any atom is -0.508 e. The largest absolute Gasteiger partial charge is 0.508 e. The highest BCUT2D eigenvalue weighted by Crippen LogP contribution is 2.35. The molecule has 0 saturated carbocycles. The summed E-state index contributed by atoms with van der Waals surface area (Å²) < 4.78 is 0. The number of hydrogen-bond donors (Lipinski definition) is 2. The maximum atomic E-state index is 13.8. The van der Waals surface area contributed by atoms with Crippen molar-refractivity contribution < 1.29 is 15.0 Å². The van der Waals surface area contributed by atoms with E-state index in [1.807, 2.05) is 53.4 Å². The van der Waals surface area contributed by atoms with Crippen LogP contribution >= 0.6 is 11.6 Å². The predicted molar refractivity (Wildman–Crippen MR) is 141 cm³/mol. The summed E-state index contributed by atoms with van der Waals surface area (Å²) >= 11 is 6.38. The average molecular weight is 500 g/mol. The zero-order chi connectivity index (χ0) is 25.1. The molecule has 1 aliphatic heterocycles. The van der Waals surface area contributed by atoms with Crippen molar-refractivity contribution in [1.82, 2.24) is 9.88 Å². The van der Waals surface area contributed by atoms with E-state index in [-0.39, 0.29) is 23.3 Å². The maximum Gasteiger partial charge on any atom is 0.254 e. The van der Waals surface area contributed by atoms with Gasteiger partial charge >= 0.3 is 0 Å². The number of piperazine rings is 1. The molecule has 3 aromatic carbocycles. The first-order valence-corrected chi connectivity index (χ1v) is 12.2. The predicted octanol–water partition coefficient (Wildman–Crippen LogP) is 5.29. The van der Waals surface area contributed by atoms with Crippen molar-refractivity contribution in [3.8, 4) is 11.5 Å². The molecule has 2 heterocycles. The topological polar surface area (TPSA) is 76.9 Å². The number of anilines is 1. The third-order valence-electron chi connectivity index (χ3n) is 6.61. The fourth-order valence-electron chi connectivity index (χ4n) is 4.75. The summed E-state index contributed by atoms with van der Waals surface area (Å²) in [5, 5.41) is 20.4. The van der Waals surface area contributed by atoms with E-state index in [4.69, 9.17) is 11.6 Å². The second-order valence-electron chi connectivity index (χ2n) is 8.81. The van der Waals surface area contributed by atoms with Crippen molar-refractivity contribution in [2.75, 3.05) is 31.1 Å². The Morgan fingerprint density at radius 1 is 0.806 bits per heavy atom. The maximum absolute atomic E-state index is 13.8. The van der Waals surface area contributed by atoms with Crippen LogP contribution in [0.3, 0.4) is 0 Å². The first-order valence-electron chi connectivity index (χ1n) is 11.8. The van der Waals surface area contributed by atoms with Gasteiger partial charge in [-0.1, -0.05) is 48.0 Å². The number of benzene rings is 3. The lowest BCUT2D eigenvalue weighted by molar-refractivity contribution is 0.0745. The Hall–Kier alpha value is -4.03. The molecule has 0 bridgehead atoms. The number of rotatable bonds is 5. The number of carbonyl (C=O) groups is 1. The van der Waals surface area contributed by atoms with E-state index in [2.05, 4.69) is 9.88 Å². The normalized spacial score (nSPS) is 13.7. The van der Waals surface area contributed by atoms with Crippen LogP contribution < -0.4 is 4.90 Å². The molecule has 0 unspecified atom stereocenters. The number of nitrogens with zero attached hydrogens (tertiary/aromatic N) is 3. The van der Waals surface area contributed by atoms with Crippen LogP contribution in [0.4, 0.5) is 5.69 Å². The van der Waals surface area contributed by atoms with E-state index in [9.17, 15) is 15.0 Å². The van der Waals surface area contributed by atoms with Crippen molar-refractivity contribution in [3.63, 3.8) is 0 Å². The molecular weight excluding hydrogens is 474 g/mol. The van der Waals surface area contributed by atoms with E-state index in [0.717, 1.165) is 22.4 Å². The third-order valence-corrected chi connectivity index (χ3v) is 6.93. The summed E-state index contributed by atoms with van der Waals surface area (Å²) in [5.41, 5.74) is 4.15. The average Bonchev–Trinajstić information content (AvgIpc) is 2.91. The van der Waals surface area contributed by atoms with Crippen LogP contribution in [0.5, 0.6) is 11.5 Å². The molecule has 4 aromatic rings. The minimum absolute atomic E-state index is 0.0474. The summed E-state index contributed by atoms with van der Waals surface area (Å²) in [5.74, 6) is -0.0128. The molecule has 36 heavy (non-hydrogen) atoms. The highest BCUT2D eigenvalue weighted by atomic mass is 35.5. The summed E-state index contributed by atoms with van der Waals surface area (Å²) in [6.07, 6.45) is 3.37. The number of aromatic nitrogens is 1. The van der Waals surface area contributed by atoms with Crippen molar-refractivity contribution in [2.24, 2.45) is 0 Å². The lowest BCUT2D eigenvalue weighted by atomic mass is 9.83. The molecule has 1 amide bonds. The molecule has 6 nitrogen and oxygen atoms in total. The highest BCUT2D eigenvalue weighted by molar-refractivity contribution is 6.33. The summed E-state index contributed by atoms with van der Waals surface area (Å²) in [6.45, 7) is 2.54. The molecule has 2 N–H and O–H groups in total. The van der Waals surface area contributed by atoms with Gasteiger partial charge in [-0.2, -0.15) is 0 Å². The Kier molecular flexibility index (Phi) is 6.78. The van der Waals surface area contributed by atoms with Crippen LogP contribution in [-0.2, 0) is 0 Å². The van der Waals surface area contributed by atoms with Gasteiger partial charge in [-0.05, 0) is 59.2 Å². The van der Waals surface area contributed by atoms with Gasteiger partial charge in [0.15, 0.2) is 0 Å². The number of amides is 1. The Morgan fingerprint density at radius 2 is 1.39 bits per heavy atom. The van der Waals surface area contributed by atoms with Gasteiger partial charge in [-0.15, -0.1) is 0 Å². The van der Waals surface area contributed by atoms with Crippen molar-refractivity contribution in [2.45, 2.75) is 5.92 Å². The molecule has 5 rings (SSSR count). The lowest BCUT2D eigenvalue weighted by Gasteiger charge is -2.37. The van der Waals surface area contributed by atoms with Gasteiger partial charge in [0, 0.05) is 50.1 Å². The van der Waals surface area contributed by atoms with Crippen LogP contribution in [0.2, 0.25) is 5.02 Å². The first-order chi connectivity index (χ1) is 17.5. The third kappa shape index (κ3) is 4.86. The van der Waals surface area contributed by atoms with Gasteiger partial charge in [-0.3, -0.25) is 9.78 Å². The van der Waals surface area contributed by atoms with Crippen LogP contribution in [0, 0.1) is 0 Å². The van der Waals surface area contributed by atoms with Crippen molar-refractivity contribution in [3.05, 3.63) is 119 Å². The van der Waals surface area contributed by atoms with Crippen LogP contribution in [0.25, 0.3) is 0 Å². The number of halogens is 1. The van der Waals surface area contributed by atoms with E-state index < -0.39 is 0 Å². The van der Waals surface area contributed by atoms with Crippen LogP contribution in [0.1, 0.15) is 33.0 Å². The first kappa shape index (κ1) is 23.7. The molecule has 0 atom stereocenters.